The van der Waals surface area contributed by atoms with E-state index in [1.807, 2.05) is 0 Å². The predicted molar refractivity (Wildman–Crippen MR) is 132 cm³/mol. The monoisotopic (exact) mass is 546 g/mol. The zero-order chi connectivity index (χ0) is 27.6. The van der Waals surface area contributed by atoms with Gasteiger partial charge >= 0.3 is 18.1 Å². The highest BCUT2D eigenvalue weighted by Gasteiger charge is 2.36. The third-order valence-electron chi connectivity index (χ3n) is 5.33. The molecular formula is C25H21F3N4O5S. The van der Waals surface area contributed by atoms with Gasteiger partial charge in [-0.05, 0) is 32.4 Å². The number of ether oxygens (including phenoxy) is 2. The van der Waals surface area contributed by atoms with Gasteiger partial charge in [0, 0.05) is 11.6 Å². The molecule has 9 nitrogen and oxygen atoms in total. The predicted octanol–water partition coefficient (Wildman–Crippen LogP) is 5.39. The summed E-state index contributed by atoms with van der Waals surface area (Å²) >= 11 is 0.788. The molecular weight excluding hydrogens is 525 g/mol. The zero-order valence-electron chi connectivity index (χ0n) is 20.4. The molecule has 3 aromatic heterocycles. The number of thiophene rings is 1. The lowest BCUT2D eigenvalue weighted by atomic mass is 10.1. The maximum absolute atomic E-state index is 13.9. The molecule has 198 valence electrons. The summed E-state index contributed by atoms with van der Waals surface area (Å²) in [5.41, 5.74) is -1.02. The van der Waals surface area contributed by atoms with E-state index in [2.05, 4.69) is 15.4 Å². The molecule has 0 saturated heterocycles. The number of nitrogens with one attached hydrogen (secondary N) is 1. The Labute approximate surface area is 218 Å². The lowest BCUT2D eigenvalue weighted by Crippen LogP contribution is -2.17. The Morgan fingerprint density at radius 2 is 1.68 bits per heavy atom. The summed E-state index contributed by atoms with van der Waals surface area (Å²) in [4.78, 5) is 42.4. The molecule has 0 atom stereocenters. The van der Waals surface area contributed by atoms with Crippen molar-refractivity contribution in [2.24, 2.45) is 0 Å². The van der Waals surface area contributed by atoms with Gasteiger partial charge in [0.2, 0.25) is 0 Å². The molecule has 0 bridgehead atoms. The zero-order valence-corrected chi connectivity index (χ0v) is 21.2. The number of alkyl halides is 3. The molecule has 0 fully saturated rings. The molecule has 0 aliphatic rings. The first-order valence-electron chi connectivity index (χ1n) is 11.4. The minimum atomic E-state index is -4.79. The third kappa shape index (κ3) is 5.23. The smallest absolute Gasteiger partial charge is 0.433 e. The van der Waals surface area contributed by atoms with Crippen molar-refractivity contribution < 1.29 is 37.0 Å². The molecule has 0 aliphatic carbocycles. The number of hydrogen-bond acceptors (Lipinski definition) is 8. The van der Waals surface area contributed by atoms with Crippen molar-refractivity contribution in [1.82, 2.24) is 14.6 Å². The Balaban J connectivity index is 1.76. The van der Waals surface area contributed by atoms with Crippen LogP contribution in [-0.4, -0.2) is 45.7 Å². The first kappa shape index (κ1) is 26.8. The van der Waals surface area contributed by atoms with Gasteiger partial charge in [-0.2, -0.15) is 18.3 Å². The third-order valence-corrected chi connectivity index (χ3v) is 6.52. The van der Waals surface area contributed by atoms with Gasteiger partial charge < -0.3 is 14.8 Å². The number of carbonyl (C=O) groups excluding carboxylic acids is 3. The topological polar surface area (TPSA) is 112 Å². The minimum absolute atomic E-state index is 0.0277. The first-order valence-corrected chi connectivity index (χ1v) is 12.2. The lowest BCUT2D eigenvalue weighted by molar-refractivity contribution is -0.142. The Morgan fingerprint density at radius 3 is 2.32 bits per heavy atom. The number of aromatic nitrogens is 3. The van der Waals surface area contributed by atoms with Crippen molar-refractivity contribution in [3.05, 3.63) is 69.9 Å². The number of halogens is 3. The van der Waals surface area contributed by atoms with E-state index in [0.29, 0.717) is 10.1 Å². The molecule has 3 heterocycles. The van der Waals surface area contributed by atoms with Crippen LogP contribution in [0.3, 0.4) is 0 Å². The van der Waals surface area contributed by atoms with Gasteiger partial charge in [-0.1, -0.05) is 30.3 Å². The standard InChI is InChI=1S/C25H21F3N4O5S/c1-4-36-23(34)19-13(3)20(24(35)37-5-2)38-22(19)30-21(33)16-12-18-29-15(14-9-7-6-8-10-14)11-17(25(26,27)28)32(18)31-16/h6-12H,4-5H2,1-3H3,(H,30,33). The molecule has 0 unspecified atom stereocenters. The van der Waals surface area contributed by atoms with E-state index < -0.39 is 29.7 Å². The molecule has 4 rings (SSSR count). The van der Waals surface area contributed by atoms with Crippen molar-refractivity contribution >= 4 is 39.8 Å². The quantitative estimate of drug-likeness (QED) is 0.309. The second-order valence-corrected chi connectivity index (χ2v) is 8.87. The molecule has 38 heavy (non-hydrogen) atoms. The molecule has 1 aromatic carbocycles. The van der Waals surface area contributed by atoms with Crippen LogP contribution in [0, 0.1) is 6.92 Å². The van der Waals surface area contributed by atoms with Gasteiger partial charge in [0.15, 0.2) is 17.0 Å². The number of benzene rings is 1. The van der Waals surface area contributed by atoms with Gasteiger partial charge in [-0.25, -0.2) is 19.1 Å². The summed E-state index contributed by atoms with van der Waals surface area (Å²) in [6.07, 6.45) is -4.79. The average molecular weight is 547 g/mol. The average Bonchev–Trinajstić information content (AvgIpc) is 3.44. The maximum Gasteiger partial charge on any atom is 0.433 e. The normalized spacial score (nSPS) is 11.4. The van der Waals surface area contributed by atoms with Crippen LogP contribution in [0.4, 0.5) is 18.2 Å². The largest absolute Gasteiger partial charge is 0.462 e. The number of rotatable bonds is 7. The fraction of sp³-hybridized carbons (Fsp3) is 0.240. The van der Waals surface area contributed by atoms with Crippen LogP contribution in [-0.2, 0) is 15.7 Å². The van der Waals surface area contributed by atoms with Gasteiger partial charge in [0.05, 0.1) is 24.5 Å². The van der Waals surface area contributed by atoms with Gasteiger partial charge in [-0.15, -0.1) is 11.3 Å². The highest BCUT2D eigenvalue weighted by molar-refractivity contribution is 7.18. The summed E-state index contributed by atoms with van der Waals surface area (Å²) in [5, 5.41) is 6.28. The molecule has 1 N–H and O–H groups in total. The van der Waals surface area contributed by atoms with E-state index >= 15 is 0 Å². The SMILES string of the molecule is CCOC(=O)c1sc(NC(=O)c2cc3nc(-c4ccccc4)cc(C(F)(F)F)n3n2)c(C(=O)OCC)c1C. The fourth-order valence-electron chi connectivity index (χ4n) is 3.65. The summed E-state index contributed by atoms with van der Waals surface area (Å²) < 4.78 is 52.3. The van der Waals surface area contributed by atoms with Crippen LogP contribution in [0.5, 0.6) is 0 Å². The van der Waals surface area contributed by atoms with E-state index in [4.69, 9.17) is 9.47 Å². The Bertz CT molecular complexity index is 1530. The summed E-state index contributed by atoms with van der Waals surface area (Å²) in [7, 11) is 0. The second-order valence-electron chi connectivity index (χ2n) is 7.85. The minimum Gasteiger partial charge on any atom is -0.462 e. The van der Waals surface area contributed by atoms with Crippen LogP contribution in [0.1, 0.15) is 55.6 Å². The Morgan fingerprint density at radius 1 is 1.03 bits per heavy atom. The highest BCUT2D eigenvalue weighted by atomic mass is 32.1. The maximum atomic E-state index is 13.9. The number of hydrogen-bond donors (Lipinski definition) is 1. The number of amides is 1. The van der Waals surface area contributed by atoms with E-state index in [1.165, 1.54) is 6.92 Å². The summed E-state index contributed by atoms with van der Waals surface area (Å²) in [6, 6.07) is 10.2. The summed E-state index contributed by atoms with van der Waals surface area (Å²) in [6.45, 7) is 4.84. The van der Waals surface area contributed by atoms with Crippen molar-refractivity contribution in [1.29, 1.82) is 0 Å². The molecule has 4 aromatic rings. The van der Waals surface area contributed by atoms with Gasteiger partial charge in [-0.3, -0.25) is 4.79 Å². The molecule has 0 saturated carbocycles. The van der Waals surface area contributed by atoms with Gasteiger partial charge in [0.1, 0.15) is 9.88 Å². The molecule has 1 amide bonds. The number of esters is 2. The number of fused-ring (bicyclic) bond motifs is 1. The molecule has 0 aliphatic heterocycles. The van der Waals surface area contributed by atoms with Crippen molar-refractivity contribution in [3.8, 4) is 11.3 Å². The Hall–Kier alpha value is -4.26. The highest BCUT2D eigenvalue weighted by Crippen LogP contribution is 2.35. The number of carbonyl (C=O) groups is 3. The second kappa shape index (κ2) is 10.6. The van der Waals surface area contributed by atoms with Crippen LogP contribution >= 0.6 is 11.3 Å². The van der Waals surface area contributed by atoms with Crippen molar-refractivity contribution in [2.45, 2.75) is 26.9 Å². The lowest BCUT2D eigenvalue weighted by Gasteiger charge is -2.11. The van der Waals surface area contributed by atoms with Crippen LogP contribution in [0.25, 0.3) is 16.9 Å². The van der Waals surface area contributed by atoms with E-state index in [-0.39, 0.29) is 51.3 Å². The van der Waals surface area contributed by atoms with Crippen molar-refractivity contribution in [2.75, 3.05) is 18.5 Å². The van der Waals surface area contributed by atoms with Crippen LogP contribution < -0.4 is 5.32 Å². The molecule has 13 heteroatoms. The molecule has 0 radical (unpaired) electrons. The van der Waals surface area contributed by atoms with Crippen LogP contribution in [0.15, 0.2) is 42.5 Å². The number of anilines is 1. The van der Waals surface area contributed by atoms with Gasteiger partial charge in [0.25, 0.3) is 5.91 Å². The van der Waals surface area contributed by atoms with Crippen molar-refractivity contribution in [3.63, 3.8) is 0 Å². The van der Waals surface area contributed by atoms with E-state index in [1.54, 1.807) is 44.2 Å². The van der Waals surface area contributed by atoms with E-state index in [0.717, 1.165) is 23.5 Å². The van der Waals surface area contributed by atoms with Crippen LogP contribution in [0.2, 0.25) is 0 Å². The summed E-state index contributed by atoms with van der Waals surface area (Å²) in [5.74, 6) is -2.39. The molecule has 0 spiro atoms. The number of nitrogens with zero attached hydrogens (tertiary/aromatic N) is 3. The first-order chi connectivity index (χ1) is 18.0. The fourth-order valence-corrected chi connectivity index (χ4v) is 4.74. The Kier molecular flexibility index (Phi) is 7.49. The van der Waals surface area contributed by atoms with E-state index in [9.17, 15) is 27.6 Å².